The van der Waals surface area contributed by atoms with Crippen LogP contribution in [0, 0.1) is 6.92 Å². The molecule has 2 aromatic rings. The number of halogens is 1. The quantitative estimate of drug-likeness (QED) is 0.716. The minimum atomic E-state index is -0.862. The van der Waals surface area contributed by atoms with Crippen molar-refractivity contribution in [1.29, 1.82) is 0 Å². The fraction of sp³-hybridized carbons (Fsp3) is 0.316. The van der Waals surface area contributed by atoms with E-state index in [1.165, 1.54) is 12.0 Å². The fourth-order valence-electron chi connectivity index (χ4n) is 2.37. The van der Waals surface area contributed by atoms with Crippen LogP contribution in [-0.2, 0) is 9.53 Å². The van der Waals surface area contributed by atoms with Gasteiger partial charge >= 0.3 is 5.97 Å². The highest BCUT2D eigenvalue weighted by molar-refractivity contribution is 7.18. The van der Waals surface area contributed by atoms with Crippen molar-refractivity contribution in [3.63, 3.8) is 0 Å². The van der Waals surface area contributed by atoms with Crippen molar-refractivity contribution in [3.8, 4) is 5.75 Å². The lowest BCUT2D eigenvalue weighted by Gasteiger charge is -2.15. The van der Waals surface area contributed by atoms with Gasteiger partial charge in [-0.05, 0) is 37.6 Å². The number of carbonyl (C=O) groups excluding carboxylic acids is 3. The summed E-state index contributed by atoms with van der Waals surface area (Å²) in [7, 11) is 4.46. The summed E-state index contributed by atoms with van der Waals surface area (Å²) in [5.41, 5.74) is 0.607. The maximum Gasteiger partial charge on any atom is 0.341 e. The van der Waals surface area contributed by atoms with Crippen molar-refractivity contribution in [2.45, 2.75) is 20.0 Å². The molecule has 0 fully saturated rings. The van der Waals surface area contributed by atoms with E-state index in [4.69, 9.17) is 21.1 Å². The Labute approximate surface area is 172 Å². The molecule has 2 rings (SSSR count). The van der Waals surface area contributed by atoms with Crippen molar-refractivity contribution in [3.05, 3.63) is 45.3 Å². The Morgan fingerprint density at radius 3 is 2.50 bits per heavy atom. The van der Waals surface area contributed by atoms with Gasteiger partial charge in [0, 0.05) is 19.1 Å². The molecule has 1 atom stereocenters. The molecular formula is C19H21ClN2O5S. The maximum absolute atomic E-state index is 12.6. The SMILES string of the molecule is COC(=O)c1c(NC(=O)[C@@H](C)Oc2cccc(Cl)c2)sc(C(=O)N(C)C)c1C. The first-order valence-corrected chi connectivity index (χ1v) is 9.51. The van der Waals surface area contributed by atoms with Gasteiger partial charge in [-0.25, -0.2) is 4.79 Å². The van der Waals surface area contributed by atoms with E-state index in [1.807, 2.05) is 0 Å². The first-order valence-electron chi connectivity index (χ1n) is 8.32. The van der Waals surface area contributed by atoms with Crippen LogP contribution in [0.15, 0.2) is 24.3 Å². The van der Waals surface area contributed by atoms with Gasteiger partial charge in [-0.1, -0.05) is 17.7 Å². The molecule has 0 unspecified atom stereocenters. The number of rotatable bonds is 6. The predicted molar refractivity (Wildman–Crippen MR) is 109 cm³/mol. The van der Waals surface area contributed by atoms with E-state index in [-0.39, 0.29) is 16.5 Å². The molecule has 0 aliphatic carbocycles. The summed E-state index contributed by atoms with van der Waals surface area (Å²) in [5.74, 6) is -0.939. The Kier molecular flexibility index (Phi) is 7.04. The zero-order valence-electron chi connectivity index (χ0n) is 16.2. The lowest BCUT2D eigenvalue weighted by Crippen LogP contribution is -2.30. The van der Waals surface area contributed by atoms with Crippen LogP contribution < -0.4 is 10.1 Å². The predicted octanol–water partition coefficient (Wildman–Crippen LogP) is 3.60. The van der Waals surface area contributed by atoms with Gasteiger partial charge in [0.1, 0.15) is 10.8 Å². The lowest BCUT2D eigenvalue weighted by molar-refractivity contribution is -0.122. The molecule has 1 N–H and O–H groups in total. The van der Waals surface area contributed by atoms with Crippen LogP contribution in [0.5, 0.6) is 5.75 Å². The third kappa shape index (κ3) is 4.82. The molecule has 7 nitrogen and oxygen atoms in total. The molecule has 2 amide bonds. The van der Waals surface area contributed by atoms with Gasteiger partial charge in [0.05, 0.1) is 17.6 Å². The second-order valence-corrected chi connectivity index (χ2v) is 7.62. The fourth-order valence-corrected chi connectivity index (χ4v) is 3.77. The van der Waals surface area contributed by atoms with Gasteiger partial charge in [0.15, 0.2) is 6.10 Å². The molecule has 0 saturated heterocycles. The molecule has 0 aliphatic heterocycles. The number of hydrogen-bond acceptors (Lipinski definition) is 6. The van der Waals surface area contributed by atoms with E-state index >= 15 is 0 Å². The van der Waals surface area contributed by atoms with E-state index in [1.54, 1.807) is 52.2 Å². The number of nitrogens with one attached hydrogen (secondary N) is 1. The minimum Gasteiger partial charge on any atom is -0.481 e. The molecule has 28 heavy (non-hydrogen) atoms. The van der Waals surface area contributed by atoms with Gasteiger partial charge in [0.2, 0.25) is 0 Å². The average Bonchev–Trinajstić information content (AvgIpc) is 2.96. The molecule has 0 bridgehead atoms. The molecule has 1 heterocycles. The number of methoxy groups -OCH3 is 1. The van der Waals surface area contributed by atoms with Crippen molar-refractivity contribution in [2.75, 3.05) is 26.5 Å². The summed E-state index contributed by atoms with van der Waals surface area (Å²) in [6, 6.07) is 6.67. The summed E-state index contributed by atoms with van der Waals surface area (Å²) in [4.78, 5) is 38.9. The zero-order valence-corrected chi connectivity index (χ0v) is 17.7. The number of anilines is 1. The normalized spacial score (nSPS) is 11.5. The molecule has 1 aromatic heterocycles. The minimum absolute atomic E-state index is 0.154. The Balaban J connectivity index is 2.28. The molecule has 1 aromatic carbocycles. The molecule has 0 saturated carbocycles. The van der Waals surface area contributed by atoms with E-state index in [0.29, 0.717) is 21.2 Å². The van der Waals surface area contributed by atoms with E-state index < -0.39 is 18.0 Å². The third-order valence-corrected chi connectivity index (χ3v) is 5.28. The van der Waals surface area contributed by atoms with E-state index in [9.17, 15) is 14.4 Å². The number of esters is 1. The van der Waals surface area contributed by atoms with Gasteiger partial charge in [-0.15, -0.1) is 11.3 Å². The van der Waals surface area contributed by atoms with Crippen LogP contribution in [0.25, 0.3) is 0 Å². The van der Waals surface area contributed by atoms with Crippen LogP contribution >= 0.6 is 22.9 Å². The smallest absolute Gasteiger partial charge is 0.341 e. The number of thiophene rings is 1. The number of amides is 2. The zero-order chi connectivity index (χ0) is 21.0. The summed E-state index contributed by atoms with van der Waals surface area (Å²) in [6.07, 6.45) is -0.862. The largest absolute Gasteiger partial charge is 0.481 e. The summed E-state index contributed by atoms with van der Waals surface area (Å²) >= 11 is 6.94. The van der Waals surface area contributed by atoms with Crippen molar-refractivity contribution in [1.82, 2.24) is 4.90 Å². The van der Waals surface area contributed by atoms with Crippen molar-refractivity contribution >= 4 is 45.7 Å². The Morgan fingerprint density at radius 1 is 1.25 bits per heavy atom. The monoisotopic (exact) mass is 424 g/mol. The average molecular weight is 425 g/mol. The van der Waals surface area contributed by atoms with Gasteiger partial charge in [-0.2, -0.15) is 0 Å². The highest BCUT2D eigenvalue weighted by Crippen LogP contribution is 2.34. The number of ether oxygens (including phenoxy) is 2. The molecular weight excluding hydrogens is 404 g/mol. The number of benzene rings is 1. The van der Waals surface area contributed by atoms with Crippen molar-refractivity contribution < 1.29 is 23.9 Å². The van der Waals surface area contributed by atoms with E-state index in [2.05, 4.69) is 5.32 Å². The van der Waals surface area contributed by atoms with Crippen LogP contribution in [0.3, 0.4) is 0 Å². The first kappa shape index (κ1) is 21.7. The summed E-state index contributed by atoms with van der Waals surface area (Å²) in [6.45, 7) is 3.21. The second-order valence-electron chi connectivity index (χ2n) is 6.16. The molecule has 0 spiro atoms. The van der Waals surface area contributed by atoms with Crippen molar-refractivity contribution in [2.24, 2.45) is 0 Å². The van der Waals surface area contributed by atoms with Gasteiger partial charge in [0.25, 0.3) is 11.8 Å². The maximum atomic E-state index is 12.6. The van der Waals surface area contributed by atoms with Gasteiger partial charge in [-0.3, -0.25) is 9.59 Å². The highest BCUT2D eigenvalue weighted by Gasteiger charge is 2.28. The van der Waals surface area contributed by atoms with Crippen LogP contribution in [0.4, 0.5) is 5.00 Å². The van der Waals surface area contributed by atoms with Crippen LogP contribution in [0.1, 0.15) is 32.5 Å². The number of carbonyl (C=O) groups is 3. The Bertz CT molecular complexity index is 910. The number of hydrogen-bond donors (Lipinski definition) is 1. The molecule has 150 valence electrons. The molecule has 0 aliphatic rings. The van der Waals surface area contributed by atoms with E-state index in [0.717, 1.165) is 11.3 Å². The third-order valence-electron chi connectivity index (χ3n) is 3.85. The first-order chi connectivity index (χ1) is 13.1. The standard InChI is InChI=1S/C19H21ClN2O5S/c1-10-14(19(25)26-5)17(28-15(10)18(24)22(3)4)21-16(23)11(2)27-13-8-6-7-12(20)9-13/h6-9,11H,1-5H3,(H,21,23)/t11-/m1/s1. The molecule has 9 heteroatoms. The summed E-state index contributed by atoms with van der Waals surface area (Å²) < 4.78 is 10.4. The molecule has 0 radical (unpaired) electrons. The van der Waals surface area contributed by atoms with Crippen LogP contribution in [-0.4, -0.2) is 50.0 Å². The highest BCUT2D eigenvalue weighted by atomic mass is 35.5. The Morgan fingerprint density at radius 2 is 1.93 bits per heavy atom. The number of nitrogens with zero attached hydrogens (tertiary/aromatic N) is 1. The summed E-state index contributed by atoms with van der Waals surface area (Å²) in [5, 5.41) is 3.39. The van der Waals surface area contributed by atoms with Crippen LogP contribution in [0.2, 0.25) is 5.02 Å². The lowest BCUT2D eigenvalue weighted by atomic mass is 10.1. The topological polar surface area (TPSA) is 84.9 Å². The second kappa shape index (κ2) is 9.07. The Hall–Kier alpha value is -2.58. The van der Waals surface area contributed by atoms with Gasteiger partial charge < -0.3 is 19.7 Å².